The minimum Gasteiger partial charge on any atom is -0.314 e. The van der Waals surface area contributed by atoms with E-state index in [9.17, 15) is 0 Å². The van der Waals surface area contributed by atoms with Crippen molar-refractivity contribution < 1.29 is 0 Å². The summed E-state index contributed by atoms with van der Waals surface area (Å²) in [5, 5.41) is 17.4. The lowest BCUT2D eigenvalue weighted by molar-refractivity contribution is 0.571. The van der Waals surface area contributed by atoms with Crippen LogP contribution in [0.3, 0.4) is 0 Å². The van der Waals surface area contributed by atoms with Gasteiger partial charge >= 0.3 is 0 Å². The number of nitrogens with one attached hydrogen (secondary N) is 1. The van der Waals surface area contributed by atoms with Crippen LogP contribution in [-0.2, 0) is 33.1 Å². The van der Waals surface area contributed by atoms with Gasteiger partial charge < -0.3 is 9.88 Å². The molecule has 1 aliphatic rings. The van der Waals surface area contributed by atoms with Crippen LogP contribution >= 0.6 is 11.6 Å². The fourth-order valence-electron chi connectivity index (χ4n) is 3.17. The highest BCUT2D eigenvalue weighted by Crippen LogP contribution is 2.25. The normalized spacial score (nSPS) is 15.0. The molecule has 1 N–H and O–H groups in total. The number of hydrogen-bond donors (Lipinski definition) is 1. The monoisotopic (exact) mass is 336 g/mol. The lowest BCUT2D eigenvalue weighted by atomic mass is 10.1. The van der Waals surface area contributed by atoms with Gasteiger partial charge in [-0.1, -0.05) is 31.9 Å². The Balaban J connectivity index is 1.68. The molecule has 0 aliphatic carbocycles. The Labute approximate surface area is 142 Å². The first kappa shape index (κ1) is 16.5. The van der Waals surface area contributed by atoms with E-state index >= 15 is 0 Å². The van der Waals surface area contributed by atoms with Gasteiger partial charge in [0.1, 0.15) is 16.8 Å². The predicted octanol–water partition coefficient (Wildman–Crippen LogP) is 2.80. The molecule has 3 heterocycles. The van der Waals surface area contributed by atoms with E-state index in [1.807, 2.05) is 7.05 Å². The van der Waals surface area contributed by atoms with Crippen LogP contribution in [0, 0.1) is 0 Å². The molecule has 6 nitrogen and oxygen atoms in total. The highest BCUT2D eigenvalue weighted by molar-refractivity contribution is 6.30. The summed E-state index contributed by atoms with van der Waals surface area (Å²) < 4.78 is 4.02. The van der Waals surface area contributed by atoms with Gasteiger partial charge in [0.2, 0.25) is 0 Å². The smallest absolute Gasteiger partial charge is 0.147 e. The SMILES string of the molecule is CC(C)c1nn(C)c(Cl)c1CNCc1nnc2n1CCCCC2. The second-order valence-electron chi connectivity index (χ2n) is 6.53. The van der Waals surface area contributed by atoms with Crippen molar-refractivity contribution in [3.05, 3.63) is 28.1 Å². The standard InChI is InChI=1S/C16H25ClN6/c1-11(2)15-12(16(17)22(3)21-15)9-18-10-14-20-19-13-7-5-4-6-8-23(13)14/h11,18H,4-10H2,1-3H3. The van der Waals surface area contributed by atoms with Gasteiger partial charge in [-0.2, -0.15) is 5.10 Å². The fourth-order valence-corrected chi connectivity index (χ4v) is 3.37. The molecule has 7 heteroatoms. The third-order valence-corrected chi connectivity index (χ3v) is 4.89. The number of aromatic nitrogens is 5. The third-order valence-electron chi connectivity index (χ3n) is 4.42. The molecular weight excluding hydrogens is 312 g/mol. The molecule has 23 heavy (non-hydrogen) atoms. The summed E-state index contributed by atoms with van der Waals surface area (Å²) in [7, 11) is 1.89. The van der Waals surface area contributed by atoms with E-state index in [4.69, 9.17) is 11.6 Å². The molecule has 126 valence electrons. The van der Waals surface area contributed by atoms with Crippen molar-refractivity contribution in [2.45, 2.75) is 65.1 Å². The molecule has 2 aromatic heterocycles. The molecular formula is C16H25ClN6. The number of hydrogen-bond acceptors (Lipinski definition) is 4. The van der Waals surface area contributed by atoms with Crippen LogP contribution < -0.4 is 5.32 Å². The molecule has 3 rings (SSSR count). The molecule has 0 saturated carbocycles. The van der Waals surface area contributed by atoms with Gasteiger partial charge in [0.15, 0.2) is 0 Å². The Morgan fingerprint density at radius 3 is 2.78 bits per heavy atom. The van der Waals surface area contributed by atoms with E-state index in [1.54, 1.807) is 4.68 Å². The minimum atomic E-state index is 0.356. The average molecular weight is 337 g/mol. The van der Waals surface area contributed by atoms with Crippen LogP contribution in [0.2, 0.25) is 5.15 Å². The predicted molar refractivity (Wildman–Crippen MR) is 90.4 cm³/mol. The van der Waals surface area contributed by atoms with E-state index in [2.05, 4.69) is 39.0 Å². The van der Waals surface area contributed by atoms with Crippen molar-refractivity contribution >= 4 is 11.6 Å². The molecule has 2 aromatic rings. The van der Waals surface area contributed by atoms with Gasteiger partial charge in [0, 0.05) is 32.1 Å². The maximum atomic E-state index is 6.38. The van der Waals surface area contributed by atoms with Gasteiger partial charge in [-0.15, -0.1) is 10.2 Å². The molecule has 1 aliphatic heterocycles. The summed E-state index contributed by atoms with van der Waals surface area (Å²) in [5.41, 5.74) is 2.14. The number of nitrogens with zero attached hydrogens (tertiary/aromatic N) is 5. The summed E-state index contributed by atoms with van der Waals surface area (Å²) >= 11 is 6.38. The molecule has 0 unspecified atom stereocenters. The van der Waals surface area contributed by atoms with E-state index in [-0.39, 0.29) is 0 Å². The average Bonchev–Trinajstić information content (AvgIpc) is 2.92. The van der Waals surface area contributed by atoms with Crippen molar-refractivity contribution in [2.24, 2.45) is 7.05 Å². The zero-order chi connectivity index (χ0) is 16.4. The minimum absolute atomic E-state index is 0.356. The van der Waals surface area contributed by atoms with Crippen LogP contribution in [0.15, 0.2) is 0 Å². The number of rotatable bonds is 5. The Morgan fingerprint density at radius 2 is 2.00 bits per heavy atom. The lowest BCUT2D eigenvalue weighted by Gasteiger charge is -2.09. The maximum Gasteiger partial charge on any atom is 0.147 e. The lowest BCUT2D eigenvalue weighted by Crippen LogP contribution is -2.18. The van der Waals surface area contributed by atoms with E-state index in [0.29, 0.717) is 24.2 Å². The van der Waals surface area contributed by atoms with Crippen LogP contribution in [-0.4, -0.2) is 24.5 Å². The largest absolute Gasteiger partial charge is 0.314 e. The van der Waals surface area contributed by atoms with E-state index in [0.717, 1.165) is 35.9 Å². The summed E-state index contributed by atoms with van der Waals surface area (Å²) in [6.07, 6.45) is 4.75. The zero-order valence-electron chi connectivity index (χ0n) is 14.1. The van der Waals surface area contributed by atoms with Crippen LogP contribution in [0.5, 0.6) is 0 Å². The highest BCUT2D eigenvalue weighted by Gasteiger charge is 2.18. The summed E-state index contributed by atoms with van der Waals surface area (Å²) in [4.78, 5) is 0. The molecule has 0 amide bonds. The maximum absolute atomic E-state index is 6.38. The zero-order valence-corrected chi connectivity index (χ0v) is 14.9. The molecule has 0 radical (unpaired) electrons. The summed E-state index contributed by atoms with van der Waals surface area (Å²) in [5.74, 6) is 2.50. The van der Waals surface area contributed by atoms with Crippen LogP contribution in [0.25, 0.3) is 0 Å². The Hall–Kier alpha value is -1.40. The first-order valence-electron chi connectivity index (χ1n) is 8.41. The molecule has 0 bridgehead atoms. The Morgan fingerprint density at radius 1 is 1.17 bits per heavy atom. The summed E-state index contributed by atoms with van der Waals surface area (Å²) in [6, 6.07) is 0. The molecule has 0 saturated heterocycles. The third kappa shape index (κ3) is 3.43. The number of halogens is 1. The summed E-state index contributed by atoms with van der Waals surface area (Å²) in [6.45, 7) is 6.71. The molecule has 0 fully saturated rings. The fraction of sp³-hybridized carbons (Fsp3) is 0.688. The second-order valence-corrected chi connectivity index (χ2v) is 6.89. The van der Waals surface area contributed by atoms with Crippen molar-refractivity contribution in [3.8, 4) is 0 Å². The van der Waals surface area contributed by atoms with Crippen molar-refractivity contribution in [1.29, 1.82) is 0 Å². The molecule has 0 spiro atoms. The van der Waals surface area contributed by atoms with Gasteiger partial charge in [-0.05, 0) is 18.8 Å². The first-order chi connectivity index (χ1) is 11.1. The van der Waals surface area contributed by atoms with Crippen molar-refractivity contribution in [1.82, 2.24) is 29.9 Å². The van der Waals surface area contributed by atoms with E-state index in [1.165, 1.54) is 19.3 Å². The molecule has 0 atom stereocenters. The van der Waals surface area contributed by atoms with Gasteiger partial charge in [-0.25, -0.2) is 0 Å². The second kappa shape index (κ2) is 7.01. The quantitative estimate of drug-likeness (QED) is 0.912. The van der Waals surface area contributed by atoms with Crippen molar-refractivity contribution in [2.75, 3.05) is 0 Å². The van der Waals surface area contributed by atoms with E-state index < -0.39 is 0 Å². The van der Waals surface area contributed by atoms with Crippen LogP contribution in [0.1, 0.15) is 61.9 Å². The topological polar surface area (TPSA) is 60.6 Å². The van der Waals surface area contributed by atoms with Crippen LogP contribution in [0.4, 0.5) is 0 Å². The Bertz CT molecular complexity index is 672. The van der Waals surface area contributed by atoms with Gasteiger partial charge in [0.25, 0.3) is 0 Å². The van der Waals surface area contributed by atoms with Gasteiger partial charge in [0.05, 0.1) is 12.2 Å². The van der Waals surface area contributed by atoms with Gasteiger partial charge in [-0.3, -0.25) is 4.68 Å². The number of aryl methyl sites for hydroxylation is 2. The highest BCUT2D eigenvalue weighted by atomic mass is 35.5. The Kier molecular flexibility index (Phi) is 5.02. The first-order valence-corrected chi connectivity index (χ1v) is 8.78. The molecule has 0 aromatic carbocycles. The van der Waals surface area contributed by atoms with Crippen molar-refractivity contribution in [3.63, 3.8) is 0 Å². The number of fused-ring (bicyclic) bond motifs is 1.